The maximum absolute atomic E-state index is 6.21. The zero-order valence-electron chi connectivity index (χ0n) is 25.3. The maximum Gasteiger partial charge on any atom is 0.169 e. The minimum atomic E-state index is -0.377. The number of hydrogen-bond donors (Lipinski definition) is 2. The van der Waals surface area contributed by atoms with Crippen molar-refractivity contribution in [2.45, 2.75) is 12.2 Å². The maximum atomic E-state index is 6.21. The molecule has 0 amide bonds. The number of aliphatic imine (C=N–C) groups is 2. The molecule has 0 saturated carbocycles. The number of nitrogens with zero attached hydrogens (tertiary/aromatic N) is 2. The van der Waals surface area contributed by atoms with Gasteiger partial charge in [-0.1, -0.05) is 121 Å². The normalized spacial score (nSPS) is 17.4. The van der Waals surface area contributed by atoms with E-state index < -0.39 is 0 Å². The lowest BCUT2D eigenvalue weighted by atomic mass is 9.96. The predicted octanol–water partition coefficient (Wildman–Crippen LogP) is 9.66. The summed E-state index contributed by atoms with van der Waals surface area (Å²) in [5.74, 6) is 2.44. The van der Waals surface area contributed by atoms with Crippen LogP contribution in [0.5, 0.6) is 0 Å². The van der Waals surface area contributed by atoms with Crippen molar-refractivity contribution in [1.82, 2.24) is 10.6 Å². The van der Waals surface area contributed by atoms with Gasteiger partial charge in [0.1, 0.15) is 29.1 Å². The molecule has 3 aliphatic rings. The van der Waals surface area contributed by atoms with Gasteiger partial charge in [0, 0.05) is 22.7 Å². The highest BCUT2D eigenvalue weighted by atomic mass is 16.3. The van der Waals surface area contributed by atoms with Gasteiger partial charge in [0.15, 0.2) is 6.17 Å². The van der Waals surface area contributed by atoms with Crippen LogP contribution in [-0.2, 0) is 0 Å². The lowest BCUT2D eigenvalue weighted by molar-refractivity contribution is 0.585. The number of fused-ring (bicyclic) bond motifs is 6. The molecule has 10 rings (SSSR count). The number of furan rings is 1. The molecule has 47 heavy (non-hydrogen) atoms. The first-order valence-corrected chi connectivity index (χ1v) is 16.0. The molecule has 0 radical (unpaired) electrons. The van der Waals surface area contributed by atoms with Crippen molar-refractivity contribution in [1.29, 1.82) is 0 Å². The summed E-state index contributed by atoms with van der Waals surface area (Å²) in [6.07, 6.45) is 3.54. The number of rotatable bonds is 4. The molecule has 3 heterocycles. The molecule has 6 aromatic carbocycles. The molecule has 5 heteroatoms. The van der Waals surface area contributed by atoms with Gasteiger partial charge in [0.2, 0.25) is 0 Å². The van der Waals surface area contributed by atoms with Crippen LogP contribution in [0.3, 0.4) is 0 Å². The number of hydrogen-bond acceptors (Lipinski definition) is 5. The summed E-state index contributed by atoms with van der Waals surface area (Å²) in [7, 11) is 0. The van der Waals surface area contributed by atoms with E-state index in [0.29, 0.717) is 0 Å². The highest BCUT2D eigenvalue weighted by molar-refractivity contribution is 6.16. The summed E-state index contributed by atoms with van der Waals surface area (Å²) < 4.78 is 6.21. The lowest BCUT2D eigenvalue weighted by Crippen LogP contribution is -2.43. The van der Waals surface area contributed by atoms with Gasteiger partial charge in [0.25, 0.3) is 0 Å². The van der Waals surface area contributed by atoms with Crippen LogP contribution in [0.4, 0.5) is 0 Å². The van der Waals surface area contributed by atoms with Crippen LogP contribution in [0.25, 0.3) is 61.2 Å². The fourth-order valence-corrected chi connectivity index (χ4v) is 7.35. The van der Waals surface area contributed by atoms with Crippen LogP contribution in [0.1, 0.15) is 34.7 Å². The van der Waals surface area contributed by atoms with Gasteiger partial charge in [-0.05, 0) is 67.9 Å². The molecule has 0 fully saturated rings. The van der Waals surface area contributed by atoms with E-state index in [-0.39, 0.29) is 12.2 Å². The first kappa shape index (κ1) is 26.1. The zero-order valence-corrected chi connectivity index (χ0v) is 25.3. The molecule has 1 aromatic heterocycles. The molecule has 0 bridgehead atoms. The highest BCUT2D eigenvalue weighted by Crippen LogP contribution is 2.48. The van der Waals surface area contributed by atoms with Crippen LogP contribution >= 0.6 is 0 Å². The first-order valence-electron chi connectivity index (χ1n) is 16.0. The van der Waals surface area contributed by atoms with Crippen molar-refractivity contribution in [3.63, 3.8) is 0 Å². The Hall–Kier alpha value is -6.20. The molecule has 0 spiro atoms. The largest absolute Gasteiger partial charge is 0.456 e. The van der Waals surface area contributed by atoms with Crippen molar-refractivity contribution in [3.8, 4) is 33.4 Å². The van der Waals surface area contributed by atoms with Gasteiger partial charge in [0.05, 0.1) is 0 Å². The standard InChI is InChI=1S/C42H28N4O/c1-2-8-27(9-3-1)40-44-41(46-42(45-40)39-38-33-12-4-5-15-35(33)47-36(38)22-23-43-39)28-18-16-25(17-19-28)29-20-21-30-31-13-6-10-26-11-7-14-32(37(26)31)34(30)24-29/h1-24,39-40,43H,(H,44,45,46). The highest BCUT2D eigenvalue weighted by Gasteiger charge is 2.31. The number of para-hydroxylation sites is 1. The van der Waals surface area contributed by atoms with E-state index in [1.165, 1.54) is 38.6 Å². The number of amidine groups is 2. The van der Waals surface area contributed by atoms with Gasteiger partial charge >= 0.3 is 0 Å². The summed E-state index contributed by atoms with van der Waals surface area (Å²) in [5, 5.41) is 10.9. The Morgan fingerprint density at radius 3 is 2.19 bits per heavy atom. The Bertz CT molecular complexity index is 2460. The molecule has 0 saturated heterocycles. The van der Waals surface area contributed by atoms with Crippen LogP contribution in [0, 0.1) is 0 Å². The third-order valence-electron chi connectivity index (χ3n) is 9.58. The molecular weight excluding hydrogens is 576 g/mol. The quantitative estimate of drug-likeness (QED) is 0.210. The zero-order chi connectivity index (χ0) is 30.9. The molecule has 5 nitrogen and oxygen atoms in total. The van der Waals surface area contributed by atoms with Gasteiger partial charge in [-0.15, -0.1) is 0 Å². The fourth-order valence-electron chi connectivity index (χ4n) is 7.35. The van der Waals surface area contributed by atoms with E-state index in [1.807, 2.05) is 48.7 Å². The van der Waals surface area contributed by atoms with Crippen LogP contribution < -0.4 is 10.6 Å². The van der Waals surface area contributed by atoms with E-state index in [0.717, 1.165) is 50.7 Å². The van der Waals surface area contributed by atoms with Crippen molar-refractivity contribution < 1.29 is 4.42 Å². The van der Waals surface area contributed by atoms with Crippen molar-refractivity contribution in [2.24, 2.45) is 9.98 Å². The average molecular weight is 605 g/mol. The van der Waals surface area contributed by atoms with Gasteiger partial charge in [-0.25, -0.2) is 9.98 Å². The Labute approximate surface area is 271 Å². The molecule has 2 aliphatic heterocycles. The monoisotopic (exact) mass is 604 g/mol. The van der Waals surface area contributed by atoms with Crippen LogP contribution in [0.15, 0.2) is 154 Å². The Balaban J connectivity index is 1.01. The summed E-state index contributed by atoms with van der Waals surface area (Å²) in [5.41, 5.74) is 11.6. The lowest BCUT2D eigenvalue weighted by Gasteiger charge is -2.28. The van der Waals surface area contributed by atoms with E-state index in [9.17, 15) is 0 Å². The summed E-state index contributed by atoms with van der Waals surface area (Å²) in [6, 6.07) is 46.9. The molecule has 2 N–H and O–H groups in total. The van der Waals surface area contributed by atoms with Crippen molar-refractivity contribution in [3.05, 3.63) is 162 Å². The second kappa shape index (κ2) is 10.2. The van der Waals surface area contributed by atoms with Crippen LogP contribution in [-0.4, -0.2) is 11.7 Å². The van der Waals surface area contributed by atoms with E-state index in [4.69, 9.17) is 14.4 Å². The molecular formula is C42H28N4O. The minimum Gasteiger partial charge on any atom is -0.456 e. The molecule has 2 unspecified atom stereocenters. The van der Waals surface area contributed by atoms with Gasteiger partial charge in [-0.2, -0.15) is 0 Å². The third kappa shape index (κ3) is 4.10. The van der Waals surface area contributed by atoms with Gasteiger partial charge in [-0.3, -0.25) is 0 Å². The Morgan fingerprint density at radius 2 is 1.34 bits per heavy atom. The topological polar surface area (TPSA) is 61.9 Å². The SMILES string of the molecule is C1=Cc2oc3ccccc3c2C(C2=NC(c3ccccc3)N=C(c3ccc(-c4ccc5c(c4)-c4cccc6cccc-5c46)cc3)N2)N1. The summed E-state index contributed by atoms with van der Waals surface area (Å²) in [6.45, 7) is 0. The van der Waals surface area contributed by atoms with Gasteiger partial charge < -0.3 is 15.1 Å². The molecule has 2 atom stereocenters. The predicted molar refractivity (Wildman–Crippen MR) is 191 cm³/mol. The second-order valence-electron chi connectivity index (χ2n) is 12.3. The average Bonchev–Trinajstić information content (AvgIpc) is 3.69. The third-order valence-corrected chi connectivity index (χ3v) is 9.58. The van der Waals surface area contributed by atoms with Crippen molar-refractivity contribution >= 4 is 39.5 Å². The minimum absolute atomic E-state index is 0.213. The first-order chi connectivity index (χ1) is 23.3. The van der Waals surface area contributed by atoms with E-state index in [2.05, 4.69) is 108 Å². The number of benzene rings is 6. The van der Waals surface area contributed by atoms with Crippen LogP contribution in [0.2, 0.25) is 0 Å². The molecule has 222 valence electrons. The molecule has 7 aromatic rings. The number of nitrogens with one attached hydrogen (secondary N) is 2. The second-order valence-corrected chi connectivity index (χ2v) is 12.3. The molecule has 1 aliphatic carbocycles. The smallest absolute Gasteiger partial charge is 0.169 e. The Morgan fingerprint density at radius 1 is 0.596 bits per heavy atom. The van der Waals surface area contributed by atoms with Crippen molar-refractivity contribution in [2.75, 3.05) is 0 Å². The summed E-state index contributed by atoms with van der Waals surface area (Å²) >= 11 is 0. The Kier molecular flexibility index (Phi) is 5.63. The van der Waals surface area contributed by atoms with E-state index in [1.54, 1.807) is 0 Å². The summed E-state index contributed by atoms with van der Waals surface area (Å²) in [4.78, 5) is 10.3. The fraction of sp³-hybridized carbons (Fsp3) is 0.0476. The van der Waals surface area contributed by atoms with E-state index >= 15 is 0 Å².